The van der Waals surface area contributed by atoms with Crippen LogP contribution in [0.2, 0.25) is 10.0 Å². The largest absolute Gasteiger partial charge is 0.377 e. The molecular formula is C20H21Cl2FN2O4S. The van der Waals surface area contributed by atoms with Gasteiger partial charge in [-0.1, -0.05) is 30.1 Å². The lowest BCUT2D eigenvalue weighted by Gasteiger charge is -2.19. The van der Waals surface area contributed by atoms with Crippen LogP contribution in [0.1, 0.15) is 41.8 Å². The molecule has 0 saturated carbocycles. The van der Waals surface area contributed by atoms with Gasteiger partial charge < -0.3 is 10.1 Å². The van der Waals surface area contributed by atoms with Crippen molar-refractivity contribution in [2.75, 3.05) is 29.0 Å². The summed E-state index contributed by atoms with van der Waals surface area (Å²) in [5.74, 6) is -1.59. The molecule has 0 spiro atoms. The van der Waals surface area contributed by atoms with Crippen molar-refractivity contribution in [3.8, 4) is 0 Å². The number of rotatable bonds is 6. The molecule has 2 aromatic rings. The lowest BCUT2D eigenvalue weighted by Crippen LogP contribution is -2.26. The lowest BCUT2D eigenvalue weighted by atomic mass is 10.1. The van der Waals surface area contributed by atoms with Crippen molar-refractivity contribution in [3.05, 3.63) is 57.3 Å². The Bertz CT molecular complexity index is 1070. The molecule has 1 aliphatic rings. The molecule has 2 aromatic carbocycles. The van der Waals surface area contributed by atoms with Crippen LogP contribution >= 0.6 is 23.2 Å². The summed E-state index contributed by atoms with van der Waals surface area (Å²) in [7, 11) is -1.96. The summed E-state index contributed by atoms with van der Waals surface area (Å²) < 4.78 is 45.2. The highest BCUT2D eigenvalue weighted by Gasteiger charge is 2.30. The van der Waals surface area contributed by atoms with E-state index in [1.54, 1.807) is 25.3 Å². The first-order valence-corrected chi connectivity index (χ1v) is 11.7. The number of methoxy groups -OCH3 is 1. The fourth-order valence-electron chi connectivity index (χ4n) is 3.42. The summed E-state index contributed by atoms with van der Waals surface area (Å²) in [6.07, 6.45) is 0.926. The maximum absolute atomic E-state index is 14.4. The number of hydrogen-bond acceptors (Lipinski definition) is 4. The predicted molar refractivity (Wildman–Crippen MR) is 117 cm³/mol. The Kier molecular flexibility index (Phi) is 6.91. The standard InChI is InChI=1S/C20H21Cl2FN2O4S/c1-3-18(29-2)12-7-13(21)9-14(8-12)24-20(26)16-10-15(11-17(23)19(16)22)25-5-4-6-30(25,27)28/h7-11,18H,3-6H2,1-2H3,(H,24,26). The summed E-state index contributed by atoms with van der Waals surface area (Å²) in [5.41, 5.74) is 1.05. The SMILES string of the molecule is CCC(OC)c1cc(Cl)cc(NC(=O)c2cc(N3CCCS3(=O)=O)cc(F)c2Cl)c1. The Morgan fingerprint density at radius 2 is 2.00 bits per heavy atom. The molecule has 1 saturated heterocycles. The summed E-state index contributed by atoms with van der Waals surface area (Å²) in [6.45, 7) is 2.17. The third-order valence-corrected chi connectivity index (χ3v) is 7.32. The van der Waals surface area contributed by atoms with E-state index < -0.39 is 26.8 Å². The maximum atomic E-state index is 14.4. The average molecular weight is 475 g/mol. The second-order valence-electron chi connectivity index (χ2n) is 6.89. The van der Waals surface area contributed by atoms with E-state index in [2.05, 4.69) is 5.32 Å². The van der Waals surface area contributed by atoms with Gasteiger partial charge in [0.2, 0.25) is 10.0 Å². The number of benzene rings is 2. The van der Waals surface area contributed by atoms with Gasteiger partial charge in [-0.25, -0.2) is 12.8 Å². The van der Waals surface area contributed by atoms with E-state index in [-0.39, 0.29) is 29.7 Å². The Hall–Kier alpha value is -1.87. The number of anilines is 2. The van der Waals surface area contributed by atoms with Crippen LogP contribution in [0.5, 0.6) is 0 Å². The molecule has 0 radical (unpaired) electrons. The van der Waals surface area contributed by atoms with Crippen LogP contribution in [-0.4, -0.2) is 33.7 Å². The van der Waals surface area contributed by atoms with Gasteiger partial charge in [0.1, 0.15) is 5.82 Å². The number of halogens is 3. The molecule has 10 heteroatoms. The lowest BCUT2D eigenvalue weighted by molar-refractivity contribution is 0.0998. The highest BCUT2D eigenvalue weighted by atomic mass is 35.5. The predicted octanol–water partition coefficient (Wildman–Crippen LogP) is 5.02. The minimum absolute atomic E-state index is 0.0256. The molecule has 1 amide bonds. The van der Waals surface area contributed by atoms with Crippen molar-refractivity contribution in [1.82, 2.24) is 0 Å². The van der Waals surface area contributed by atoms with Gasteiger partial charge >= 0.3 is 0 Å². The Morgan fingerprint density at radius 1 is 1.27 bits per heavy atom. The fraction of sp³-hybridized carbons (Fsp3) is 0.350. The molecule has 1 atom stereocenters. The Labute approximate surface area is 185 Å². The monoisotopic (exact) mass is 474 g/mol. The smallest absolute Gasteiger partial charge is 0.257 e. The summed E-state index contributed by atoms with van der Waals surface area (Å²) in [6, 6.07) is 7.29. The van der Waals surface area contributed by atoms with Crippen LogP contribution in [-0.2, 0) is 14.8 Å². The molecular weight excluding hydrogens is 454 g/mol. The molecule has 30 heavy (non-hydrogen) atoms. The zero-order valence-corrected chi connectivity index (χ0v) is 18.7. The number of nitrogens with zero attached hydrogens (tertiary/aromatic N) is 1. The quantitative estimate of drug-likeness (QED) is 0.637. The highest BCUT2D eigenvalue weighted by molar-refractivity contribution is 7.93. The zero-order chi connectivity index (χ0) is 22.1. The molecule has 1 N–H and O–H groups in total. The average Bonchev–Trinajstić information content (AvgIpc) is 3.03. The number of carbonyl (C=O) groups is 1. The third kappa shape index (κ3) is 4.72. The summed E-state index contributed by atoms with van der Waals surface area (Å²) in [5, 5.41) is 2.66. The van der Waals surface area contributed by atoms with Gasteiger partial charge in [0.05, 0.1) is 28.1 Å². The number of carbonyl (C=O) groups excluding carboxylic acids is 1. The first-order chi connectivity index (χ1) is 14.2. The first-order valence-electron chi connectivity index (χ1n) is 9.30. The van der Waals surface area contributed by atoms with E-state index in [0.29, 0.717) is 23.6 Å². The normalized spacial score (nSPS) is 16.5. The minimum atomic E-state index is -3.54. The summed E-state index contributed by atoms with van der Waals surface area (Å²) >= 11 is 12.2. The molecule has 1 fully saturated rings. The molecule has 0 bridgehead atoms. The van der Waals surface area contributed by atoms with E-state index in [1.165, 1.54) is 6.07 Å². The van der Waals surface area contributed by atoms with Crippen LogP contribution in [0.15, 0.2) is 30.3 Å². The van der Waals surface area contributed by atoms with Crippen molar-refractivity contribution < 1.29 is 22.3 Å². The van der Waals surface area contributed by atoms with Gasteiger partial charge in [-0.2, -0.15) is 0 Å². The second kappa shape index (κ2) is 9.09. The van der Waals surface area contributed by atoms with Crippen LogP contribution in [0.3, 0.4) is 0 Å². The molecule has 0 aliphatic carbocycles. The van der Waals surface area contributed by atoms with Gasteiger partial charge in [0.25, 0.3) is 5.91 Å². The number of sulfonamides is 1. The summed E-state index contributed by atoms with van der Waals surface area (Å²) in [4.78, 5) is 12.8. The minimum Gasteiger partial charge on any atom is -0.377 e. The molecule has 6 nitrogen and oxygen atoms in total. The number of ether oxygens (including phenoxy) is 1. The van der Waals surface area contributed by atoms with E-state index in [0.717, 1.165) is 15.9 Å². The molecule has 1 aliphatic heterocycles. The Balaban J connectivity index is 1.94. The molecule has 1 unspecified atom stereocenters. The van der Waals surface area contributed by atoms with E-state index in [1.807, 2.05) is 6.92 Å². The van der Waals surface area contributed by atoms with Gasteiger partial charge in [0, 0.05) is 24.4 Å². The van der Waals surface area contributed by atoms with E-state index in [9.17, 15) is 17.6 Å². The van der Waals surface area contributed by atoms with Crippen molar-refractivity contribution in [1.29, 1.82) is 0 Å². The zero-order valence-electron chi connectivity index (χ0n) is 16.4. The van der Waals surface area contributed by atoms with E-state index >= 15 is 0 Å². The Morgan fingerprint density at radius 3 is 2.60 bits per heavy atom. The van der Waals surface area contributed by atoms with Crippen molar-refractivity contribution in [2.45, 2.75) is 25.9 Å². The van der Waals surface area contributed by atoms with Crippen molar-refractivity contribution >= 4 is 50.5 Å². The van der Waals surface area contributed by atoms with Crippen LogP contribution < -0.4 is 9.62 Å². The highest BCUT2D eigenvalue weighted by Crippen LogP contribution is 2.32. The van der Waals surface area contributed by atoms with Crippen molar-refractivity contribution in [3.63, 3.8) is 0 Å². The van der Waals surface area contributed by atoms with E-state index in [4.69, 9.17) is 27.9 Å². The van der Waals surface area contributed by atoms with Crippen LogP contribution in [0, 0.1) is 5.82 Å². The second-order valence-corrected chi connectivity index (χ2v) is 9.72. The number of nitrogens with one attached hydrogen (secondary N) is 1. The van der Waals surface area contributed by atoms with Crippen molar-refractivity contribution in [2.24, 2.45) is 0 Å². The number of hydrogen-bond donors (Lipinski definition) is 1. The molecule has 0 aromatic heterocycles. The molecule has 162 valence electrons. The maximum Gasteiger partial charge on any atom is 0.257 e. The third-order valence-electron chi connectivity index (χ3n) is 4.85. The fourth-order valence-corrected chi connectivity index (χ4v) is 5.41. The van der Waals surface area contributed by atoms with Gasteiger partial charge in [-0.15, -0.1) is 0 Å². The molecule has 3 rings (SSSR count). The van der Waals surface area contributed by atoms with Crippen LogP contribution in [0.4, 0.5) is 15.8 Å². The van der Waals surface area contributed by atoms with Gasteiger partial charge in [-0.05, 0) is 48.7 Å². The first kappa shape index (κ1) is 22.8. The van der Waals surface area contributed by atoms with Gasteiger partial charge in [0.15, 0.2) is 0 Å². The topological polar surface area (TPSA) is 75.7 Å². The number of amides is 1. The van der Waals surface area contributed by atoms with Crippen LogP contribution in [0.25, 0.3) is 0 Å². The molecule has 1 heterocycles. The van der Waals surface area contributed by atoms with Gasteiger partial charge in [-0.3, -0.25) is 9.10 Å².